The van der Waals surface area contributed by atoms with Crippen LogP contribution in [0.2, 0.25) is 0 Å². The Bertz CT molecular complexity index is 708. The van der Waals surface area contributed by atoms with Crippen molar-refractivity contribution in [3.63, 3.8) is 0 Å². The van der Waals surface area contributed by atoms with E-state index in [1.165, 1.54) is 5.06 Å². The molecule has 0 spiro atoms. The van der Waals surface area contributed by atoms with Gasteiger partial charge in [0.1, 0.15) is 12.2 Å². The Labute approximate surface area is 219 Å². The Morgan fingerprint density at radius 2 is 1.14 bits per heavy atom. The van der Waals surface area contributed by atoms with E-state index in [4.69, 9.17) is 9.47 Å². The molecule has 3 aliphatic rings. The molecule has 3 fully saturated rings. The summed E-state index contributed by atoms with van der Waals surface area (Å²) in [5, 5.41) is 12.0. The van der Waals surface area contributed by atoms with Crippen LogP contribution in [0.5, 0.6) is 0 Å². The van der Waals surface area contributed by atoms with Crippen molar-refractivity contribution in [2.75, 3.05) is 7.05 Å². The zero-order chi connectivity index (χ0) is 27.0. The Morgan fingerprint density at radius 1 is 0.750 bits per heavy atom. The summed E-state index contributed by atoms with van der Waals surface area (Å²) in [6, 6.07) is 0.368. The van der Waals surface area contributed by atoms with Gasteiger partial charge in [-0.05, 0) is 72.3 Å². The minimum Gasteiger partial charge on any atom is -0.462 e. The summed E-state index contributed by atoms with van der Waals surface area (Å²) < 4.78 is 12.1. The highest BCUT2D eigenvalue weighted by Crippen LogP contribution is 2.38. The average Bonchev–Trinajstić information content (AvgIpc) is 2.77. The van der Waals surface area contributed by atoms with E-state index in [9.17, 15) is 14.8 Å². The maximum Gasteiger partial charge on any atom is 0.309 e. The summed E-state index contributed by atoms with van der Waals surface area (Å²) in [5.41, 5.74) is -0.439. The second-order valence-electron chi connectivity index (χ2n) is 13.7. The van der Waals surface area contributed by atoms with Crippen LogP contribution in [-0.4, -0.2) is 69.5 Å². The lowest BCUT2D eigenvalue weighted by Crippen LogP contribution is -2.57. The number of carbonyl (C=O) groups is 2. The molecule has 0 bridgehead atoms. The van der Waals surface area contributed by atoms with Crippen molar-refractivity contribution in [3.05, 3.63) is 0 Å². The molecular weight excluding hydrogens is 456 g/mol. The Morgan fingerprint density at radius 3 is 1.56 bits per heavy atom. The molecule has 1 aliphatic carbocycles. The molecule has 2 heterocycles. The van der Waals surface area contributed by atoms with Crippen LogP contribution >= 0.6 is 0 Å². The van der Waals surface area contributed by atoms with Crippen molar-refractivity contribution >= 4 is 11.9 Å². The predicted molar refractivity (Wildman–Crippen MR) is 140 cm³/mol. The second kappa shape index (κ2) is 11.3. The molecule has 3 rings (SSSR count). The topological polar surface area (TPSA) is 79.3 Å². The first-order valence-corrected chi connectivity index (χ1v) is 14.2. The van der Waals surface area contributed by atoms with Gasteiger partial charge in [0.25, 0.3) is 0 Å². The summed E-state index contributed by atoms with van der Waals surface area (Å²) >= 11 is 0. The van der Waals surface area contributed by atoms with E-state index in [0.717, 1.165) is 12.8 Å². The fourth-order valence-electron chi connectivity index (χ4n) is 6.75. The van der Waals surface area contributed by atoms with E-state index in [2.05, 4.69) is 53.5 Å². The number of hydrogen-bond donors (Lipinski definition) is 1. The minimum atomic E-state index is -0.434. The number of ether oxygens (including phenoxy) is 2. The lowest BCUT2D eigenvalue weighted by molar-refractivity contribution is -0.239. The molecule has 1 N–H and O–H groups in total. The van der Waals surface area contributed by atoms with E-state index in [1.807, 2.05) is 13.8 Å². The van der Waals surface area contributed by atoms with Crippen LogP contribution in [0.1, 0.15) is 107 Å². The first kappa shape index (κ1) is 29.4. The monoisotopic (exact) mass is 508 g/mol. The molecule has 7 nitrogen and oxygen atoms in total. The number of esters is 2. The molecule has 4 atom stereocenters. The molecule has 0 radical (unpaired) electrons. The van der Waals surface area contributed by atoms with Crippen LogP contribution in [0.25, 0.3) is 0 Å². The van der Waals surface area contributed by atoms with E-state index in [-0.39, 0.29) is 53.5 Å². The predicted octanol–water partition coefficient (Wildman–Crippen LogP) is 5.43. The summed E-state index contributed by atoms with van der Waals surface area (Å²) in [6.07, 6.45) is 5.45. The van der Waals surface area contributed by atoms with Gasteiger partial charge in [-0.1, -0.05) is 27.7 Å². The molecule has 0 aromatic carbocycles. The molecule has 36 heavy (non-hydrogen) atoms. The fourth-order valence-corrected chi connectivity index (χ4v) is 6.75. The normalized spacial score (nSPS) is 35.6. The SMILES string of the molecule is CC(C)C1CC(OC(=O)C2CCC(C(=O)OC3CC(C(C)C)N(O)C(C)(C)C3)CC2)CC(C)(C)N1C. The van der Waals surface area contributed by atoms with Crippen molar-refractivity contribution in [2.45, 2.75) is 142 Å². The standard InChI is InChI=1S/C29H52N2O5/c1-18(2)24-14-22(16-28(5,6)30(24)9)35-26(32)20-10-12-21(13-11-20)27(33)36-23-15-25(19(3)4)31(34)29(7,8)17-23/h18-25,34H,10-17H2,1-9H3. The second-order valence-corrected chi connectivity index (χ2v) is 13.7. The lowest BCUT2D eigenvalue weighted by Gasteiger charge is -2.50. The van der Waals surface area contributed by atoms with Crippen molar-refractivity contribution in [1.29, 1.82) is 0 Å². The van der Waals surface area contributed by atoms with Gasteiger partial charge in [0.05, 0.1) is 11.8 Å². The quantitative estimate of drug-likeness (QED) is 0.479. The maximum atomic E-state index is 13.1. The summed E-state index contributed by atoms with van der Waals surface area (Å²) in [4.78, 5) is 28.5. The van der Waals surface area contributed by atoms with Gasteiger partial charge >= 0.3 is 11.9 Å². The van der Waals surface area contributed by atoms with Gasteiger partial charge in [-0.2, -0.15) is 5.06 Å². The van der Waals surface area contributed by atoms with Crippen LogP contribution < -0.4 is 0 Å². The Hall–Kier alpha value is -1.18. The summed E-state index contributed by atoms with van der Waals surface area (Å²) in [5.74, 6) is 0.247. The highest BCUT2D eigenvalue weighted by molar-refractivity contribution is 5.75. The van der Waals surface area contributed by atoms with E-state index in [0.29, 0.717) is 50.5 Å². The van der Waals surface area contributed by atoms with Crippen molar-refractivity contribution in [3.8, 4) is 0 Å². The zero-order valence-electron chi connectivity index (χ0n) is 24.3. The third-order valence-corrected chi connectivity index (χ3v) is 9.35. The summed E-state index contributed by atoms with van der Waals surface area (Å²) in [7, 11) is 2.18. The highest BCUT2D eigenvalue weighted by atomic mass is 16.6. The van der Waals surface area contributed by atoms with Crippen molar-refractivity contribution in [1.82, 2.24) is 9.96 Å². The van der Waals surface area contributed by atoms with Gasteiger partial charge in [0.15, 0.2) is 0 Å². The average molecular weight is 509 g/mol. The third-order valence-electron chi connectivity index (χ3n) is 9.35. The largest absolute Gasteiger partial charge is 0.462 e. The third kappa shape index (κ3) is 6.63. The minimum absolute atomic E-state index is 0.00509. The smallest absolute Gasteiger partial charge is 0.309 e. The Balaban J connectivity index is 1.50. The van der Waals surface area contributed by atoms with Gasteiger partial charge < -0.3 is 14.7 Å². The highest BCUT2D eigenvalue weighted by Gasteiger charge is 2.45. The fraction of sp³-hybridized carbons (Fsp3) is 0.931. The van der Waals surface area contributed by atoms with Crippen LogP contribution in [0.3, 0.4) is 0 Å². The van der Waals surface area contributed by atoms with Gasteiger partial charge in [0.2, 0.25) is 0 Å². The number of rotatable bonds is 6. The van der Waals surface area contributed by atoms with E-state index < -0.39 is 5.54 Å². The molecule has 0 amide bonds. The molecule has 208 valence electrons. The van der Waals surface area contributed by atoms with E-state index >= 15 is 0 Å². The molecule has 2 aliphatic heterocycles. The number of carbonyl (C=O) groups excluding carboxylic acids is 2. The first-order valence-electron chi connectivity index (χ1n) is 14.2. The van der Waals surface area contributed by atoms with E-state index in [1.54, 1.807) is 0 Å². The Kier molecular flexibility index (Phi) is 9.21. The number of piperidine rings is 2. The maximum absolute atomic E-state index is 13.1. The van der Waals surface area contributed by atoms with Gasteiger partial charge in [-0.3, -0.25) is 14.5 Å². The molecule has 0 aromatic heterocycles. The van der Waals surface area contributed by atoms with Crippen molar-refractivity contribution < 1.29 is 24.3 Å². The molecule has 1 saturated carbocycles. The molecule has 0 aromatic rings. The molecule has 7 heteroatoms. The van der Waals surface area contributed by atoms with Crippen molar-refractivity contribution in [2.24, 2.45) is 23.7 Å². The van der Waals surface area contributed by atoms with Crippen LogP contribution in [0, 0.1) is 23.7 Å². The van der Waals surface area contributed by atoms with Gasteiger partial charge in [-0.25, -0.2) is 0 Å². The molecular formula is C29H52N2O5. The first-order chi connectivity index (χ1) is 16.6. The van der Waals surface area contributed by atoms with Crippen LogP contribution in [0.15, 0.2) is 0 Å². The van der Waals surface area contributed by atoms with Crippen LogP contribution in [0.4, 0.5) is 0 Å². The van der Waals surface area contributed by atoms with Gasteiger partial charge in [-0.15, -0.1) is 0 Å². The lowest BCUT2D eigenvalue weighted by atomic mass is 9.80. The zero-order valence-corrected chi connectivity index (χ0v) is 24.3. The van der Waals surface area contributed by atoms with Crippen LogP contribution in [-0.2, 0) is 19.1 Å². The van der Waals surface area contributed by atoms with Gasteiger partial charge in [0, 0.05) is 48.8 Å². The summed E-state index contributed by atoms with van der Waals surface area (Å²) in [6.45, 7) is 17.1. The molecule has 2 saturated heterocycles. The number of nitrogens with zero attached hydrogens (tertiary/aromatic N) is 2. The molecule has 4 unspecified atom stereocenters. The number of hydroxylamine groups is 2. The number of hydrogen-bond acceptors (Lipinski definition) is 7. The number of likely N-dealkylation sites (tertiary alicyclic amines) is 1.